The maximum Gasteiger partial charge on any atom is 0.220 e. The van der Waals surface area contributed by atoms with Gasteiger partial charge >= 0.3 is 0 Å². The van der Waals surface area contributed by atoms with Crippen LogP contribution in [0.2, 0.25) is 0 Å². The average molecular weight is 264 g/mol. The largest absolute Gasteiger partial charge is 0.494 e. The highest BCUT2D eigenvalue weighted by molar-refractivity contribution is 5.75. The fourth-order valence-corrected chi connectivity index (χ4v) is 1.78. The highest BCUT2D eigenvalue weighted by Crippen LogP contribution is 2.12. The molecule has 4 nitrogen and oxygen atoms in total. The van der Waals surface area contributed by atoms with E-state index in [1.807, 2.05) is 38.2 Å². The molecule has 1 rings (SSSR count). The molecule has 0 radical (unpaired) electrons. The van der Waals surface area contributed by atoms with Crippen LogP contribution >= 0.6 is 0 Å². The number of benzene rings is 1. The summed E-state index contributed by atoms with van der Waals surface area (Å²) in [4.78, 5) is 11.5. The Morgan fingerprint density at radius 1 is 1.21 bits per heavy atom. The van der Waals surface area contributed by atoms with Crippen molar-refractivity contribution in [1.29, 1.82) is 0 Å². The molecule has 19 heavy (non-hydrogen) atoms. The number of carbonyl (C=O) groups is 1. The fraction of sp³-hybridized carbons (Fsp3) is 0.533. The normalized spacial score (nSPS) is 10.2. The standard InChI is InChI=1S/C15H24N2O2/c1-3-19-14-8-6-13(7-9-14)10-12-17-15(18)5-4-11-16-2/h6-9,16H,3-5,10-12H2,1-2H3,(H,17,18). The van der Waals surface area contributed by atoms with Gasteiger partial charge in [-0.1, -0.05) is 12.1 Å². The predicted molar refractivity (Wildman–Crippen MR) is 77.5 cm³/mol. The maximum absolute atomic E-state index is 11.5. The molecule has 0 bridgehead atoms. The fourth-order valence-electron chi connectivity index (χ4n) is 1.78. The van der Waals surface area contributed by atoms with Gasteiger partial charge in [-0.15, -0.1) is 0 Å². The van der Waals surface area contributed by atoms with E-state index in [2.05, 4.69) is 10.6 Å². The van der Waals surface area contributed by atoms with Crippen molar-refractivity contribution in [3.63, 3.8) is 0 Å². The Morgan fingerprint density at radius 2 is 1.95 bits per heavy atom. The van der Waals surface area contributed by atoms with Gasteiger partial charge < -0.3 is 15.4 Å². The summed E-state index contributed by atoms with van der Waals surface area (Å²) in [6, 6.07) is 8.01. The molecule has 0 fully saturated rings. The topological polar surface area (TPSA) is 50.4 Å². The number of amides is 1. The van der Waals surface area contributed by atoms with Crippen LogP contribution in [0.3, 0.4) is 0 Å². The van der Waals surface area contributed by atoms with Gasteiger partial charge in [0.1, 0.15) is 5.75 Å². The Kier molecular flexibility index (Phi) is 7.66. The van der Waals surface area contributed by atoms with Gasteiger partial charge in [-0.05, 0) is 51.1 Å². The lowest BCUT2D eigenvalue weighted by atomic mass is 10.1. The van der Waals surface area contributed by atoms with Gasteiger partial charge in [0.05, 0.1) is 6.61 Å². The Balaban J connectivity index is 2.19. The third-order valence-corrected chi connectivity index (χ3v) is 2.80. The monoisotopic (exact) mass is 264 g/mol. The minimum absolute atomic E-state index is 0.126. The van der Waals surface area contributed by atoms with E-state index in [4.69, 9.17) is 4.74 Å². The number of rotatable bonds is 9. The Labute approximate surface area is 115 Å². The number of hydrogen-bond donors (Lipinski definition) is 2. The molecule has 1 aromatic rings. The predicted octanol–water partition coefficient (Wildman–Crippen LogP) is 1.74. The Morgan fingerprint density at radius 3 is 2.58 bits per heavy atom. The minimum atomic E-state index is 0.126. The van der Waals surface area contributed by atoms with Gasteiger partial charge in [-0.3, -0.25) is 4.79 Å². The first kappa shape index (κ1) is 15.5. The number of ether oxygens (including phenoxy) is 1. The van der Waals surface area contributed by atoms with E-state index >= 15 is 0 Å². The molecule has 4 heteroatoms. The molecular formula is C15H24N2O2. The van der Waals surface area contributed by atoms with Crippen molar-refractivity contribution >= 4 is 5.91 Å². The first-order valence-corrected chi connectivity index (χ1v) is 6.89. The second-order valence-corrected chi connectivity index (χ2v) is 4.38. The Hall–Kier alpha value is -1.55. The van der Waals surface area contributed by atoms with Crippen molar-refractivity contribution in [2.24, 2.45) is 0 Å². The molecule has 1 aromatic carbocycles. The molecule has 106 valence electrons. The molecule has 0 atom stereocenters. The van der Waals surface area contributed by atoms with E-state index in [0.29, 0.717) is 19.6 Å². The van der Waals surface area contributed by atoms with Crippen LogP contribution in [-0.2, 0) is 11.2 Å². The van der Waals surface area contributed by atoms with Crippen molar-refractivity contribution in [1.82, 2.24) is 10.6 Å². The molecule has 0 aromatic heterocycles. The Bertz CT molecular complexity index is 363. The van der Waals surface area contributed by atoms with Crippen LogP contribution < -0.4 is 15.4 Å². The van der Waals surface area contributed by atoms with Crippen LogP contribution in [0.4, 0.5) is 0 Å². The van der Waals surface area contributed by atoms with E-state index in [1.54, 1.807) is 0 Å². The molecule has 0 saturated carbocycles. The lowest BCUT2D eigenvalue weighted by Crippen LogP contribution is -2.26. The summed E-state index contributed by atoms with van der Waals surface area (Å²) in [5, 5.41) is 5.96. The first-order valence-electron chi connectivity index (χ1n) is 6.89. The van der Waals surface area contributed by atoms with E-state index in [1.165, 1.54) is 5.56 Å². The zero-order chi connectivity index (χ0) is 13.9. The molecular weight excluding hydrogens is 240 g/mol. The summed E-state index contributed by atoms with van der Waals surface area (Å²) in [6.45, 7) is 4.22. The van der Waals surface area contributed by atoms with Crippen LogP contribution in [0, 0.1) is 0 Å². The van der Waals surface area contributed by atoms with E-state index < -0.39 is 0 Å². The van der Waals surface area contributed by atoms with Crippen LogP contribution in [0.15, 0.2) is 24.3 Å². The average Bonchev–Trinajstić information content (AvgIpc) is 2.41. The van der Waals surface area contributed by atoms with Crippen molar-refractivity contribution in [2.75, 3.05) is 26.7 Å². The van der Waals surface area contributed by atoms with E-state index in [-0.39, 0.29) is 5.91 Å². The minimum Gasteiger partial charge on any atom is -0.494 e. The SMILES string of the molecule is CCOc1ccc(CCNC(=O)CCCNC)cc1. The lowest BCUT2D eigenvalue weighted by Gasteiger charge is -2.07. The van der Waals surface area contributed by atoms with Crippen LogP contribution in [0.5, 0.6) is 5.75 Å². The molecule has 0 aliphatic heterocycles. The van der Waals surface area contributed by atoms with Gasteiger partial charge in [0.25, 0.3) is 0 Å². The molecule has 0 spiro atoms. The van der Waals surface area contributed by atoms with E-state index in [9.17, 15) is 4.79 Å². The molecule has 2 N–H and O–H groups in total. The van der Waals surface area contributed by atoms with Gasteiger partial charge in [0.15, 0.2) is 0 Å². The highest BCUT2D eigenvalue weighted by atomic mass is 16.5. The number of nitrogens with one attached hydrogen (secondary N) is 2. The smallest absolute Gasteiger partial charge is 0.220 e. The summed E-state index contributed by atoms with van der Waals surface area (Å²) in [5.74, 6) is 1.02. The molecule has 0 aliphatic carbocycles. The van der Waals surface area contributed by atoms with Crippen LogP contribution in [-0.4, -0.2) is 32.7 Å². The third-order valence-electron chi connectivity index (χ3n) is 2.80. The van der Waals surface area contributed by atoms with Crippen LogP contribution in [0.1, 0.15) is 25.3 Å². The zero-order valence-corrected chi connectivity index (χ0v) is 11.9. The summed E-state index contributed by atoms with van der Waals surface area (Å²) < 4.78 is 5.38. The number of carbonyl (C=O) groups excluding carboxylic acids is 1. The third kappa shape index (κ3) is 6.82. The van der Waals surface area contributed by atoms with Crippen molar-refractivity contribution in [3.8, 4) is 5.75 Å². The summed E-state index contributed by atoms with van der Waals surface area (Å²) in [5.41, 5.74) is 1.21. The zero-order valence-electron chi connectivity index (χ0n) is 11.9. The van der Waals surface area contributed by atoms with E-state index in [0.717, 1.165) is 25.1 Å². The number of hydrogen-bond acceptors (Lipinski definition) is 3. The van der Waals surface area contributed by atoms with Gasteiger partial charge in [0, 0.05) is 13.0 Å². The van der Waals surface area contributed by atoms with Crippen molar-refractivity contribution in [2.45, 2.75) is 26.2 Å². The van der Waals surface area contributed by atoms with Gasteiger partial charge in [-0.2, -0.15) is 0 Å². The second kappa shape index (κ2) is 9.39. The molecule has 0 heterocycles. The van der Waals surface area contributed by atoms with Gasteiger partial charge in [-0.25, -0.2) is 0 Å². The molecule has 0 saturated heterocycles. The summed E-state index contributed by atoms with van der Waals surface area (Å²) in [6.07, 6.45) is 2.32. The molecule has 0 aliphatic rings. The second-order valence-electron chi connectivity index (χ2n) is 4.38. The van der Waals surface area contributed by atoms with Crippen molar-refractivity contribution in [3.05, 3.63) is 29.8 Å². The van der Waals surface area contributed by atoms with Gasteiger partial charge in [0.2, 0.25) is 5.91 Å². The maximum atomic E-state index is 11.5. The molecule has 1 amide bonds. The lowest BCUT2D eigenvalue weighted by molar-refractivity contribution is -0.121. The van der Waals surface area contributed by atoms with Crippen molar-refractivity contribution < 1.29 is 9.53 Å². The molecule has 0 unspecified atom stereocenters. The summed E-state index contributed by atoms with van der Waals surface area (Å²) >= 11 is 0. The quantitative estimate of drug-likeness (QED) is 0.668. The summed E-state index contributed by atoms with van der Waals surface area (Å²) in [7, 11) is 1.89. The first-order chi connectivity index (χ1) is 9.26. The van der Waals surface area contributed by atoms with Crippen LogP contribution in [0.25, 0.3) is 0 Å². The highest BCUT2D eigenvalue weighted by Gasteiger charge is 2.00.